The van der Waals surface area contributed by atoms with Gasteiger partial charge in [-0.05, 0) is 13.8 Å². The molecule has 0 amide bonds. The molecule has 0 saturated heterocycles. The molecule has 0 saturated carbocycles. The van der Waals surface area contributed by atoms with Gasteiger partial charge < -0.3 is 4.74 Å². The van der Waals surface area contributed by atoms with Gasteiger partial charge >= 0.3 is 0 Å². The molecule has 1 unspecified atom stereocenters. The molecule has 0 aliphatic heterocycles. The number of halogens is 3. The lowest BCUT2D eigenvalue weighted by Crippen LogP contribution is -2.40. The third-order valence-corrected chi connectivity index (χ3v) is 2.54. The lowest BCUT2D eigenvalue weighted by Gasteiger charge is -2.33. The summed E-state index contributed by atoms with van der Waals surface area (Å²) in [5.41, 5.74) is 0.319. The van der Waals surface area contributed by atoms with Crippen molar-refractivity contribution in [3.63, 3.8) is 0 Å². The van der Waals surface area contributed by atoms with Crippen molar-refractivity contribution in [2.75, 3.05) is 6.61 Å². The van der Waals surface area contributed by atoms with Gasteiger partial charge in [0.15, 0.2) is 4.33 Å². The highest BCUT2D eigenvalue weighted by molar-refractivity contribution is 6.48. The first-order valence-electron chi connectivity index (χ1n) is 4.68. The zero-order chi connectivity index (χ0) is 11.5. The van der Waals surface area contributed by atoms with E-state index in [4.69, 9.17) is 27.9 Å². The maximum Gasteiger partial charge on any atom is 0.268 e. The fourth-order valence-corrected chi connectivity index (χ4v) is 1.64. The van der Waals surface area contributed by atoms with Crippen molar-refractivity contribution in [2.45, 2.75) is 24.0 Å². The molecule has 0 aromatic heterocycles. The third-order valence-electron chi connectivity index (χ3n) is 2.05. The summed E-state index contributed by atoms with van der Waals surface area (Å²) in [6.07, 6.45) is 0. The monoisotopic (exact) mass is 250 g/mol. The predicted octanol–water partition coefficient (Wildman–Crippen LogP) is 4.04. The summed E-state index contributed by atoms with van der Waals surface area (Å²) in [4.78, 5) is 0. The molecule has 1 aromatic rings. The van der Waals surface area contributed by atoms with E-state index in [-0.39, 0.29) is 6.61 Å². The van der Waals surface area contributed by atoms with Crippen molar-refractivity contribution in [1.82, 2.24) is 0 Å². The zero-order valence-corrected chi connectivity index (χ0v) is 10.1. The van der Waals surface area contributed by atoms with Crippen molar-refractivity contribution in [3.8, 4) is 0 Å². The first-order valence-corrected chi connectivity index (χ1v) is 5.43. The lowest BCUT2D eigenvalue weighted by atomic mass is 10.0. The van der Waals surface area contributed by atoms with Crippen molar-refractivity contribution in [3.05, 3.63) is 35.9 Å². The van der Waals surface area contributed by atoms with Gasteiger partial charge in [0.2, 0.25) is 0 Å². The second kappa shape index (κ2) is 4.69. The van der Waals surface area contributed by atoms with Gasteiger partial charge in [-0.25, -0.2) is 4.39 Å². The van der Waals surface area contributed by atoms with Gasteiger partial charge in [-0.2, -0.15) is 0 Å². The smallest absolute Gasteiger partial charge is 0.268 e. The molecule has 1 rings (SSSR count). The van der Waals surface area contributed by atoms with E-state index in [1.165, 1.54) is 6.92 Å². The van der Waals surface area contributed by atoms with Crippen LogP contribution in [0.25, 0.3) is 0 Å². The Bertz CT molecular complexity index is 310. The fraction of sp³-hybridized carbons (Fsp3) is 0.455. The van der Waals surface area contributed by atoms with Crippen LogP contribution in [0.5, 0.6) is 0 Å². The first-order chi connectivity index (χ1) is 6.92. The van der Waals surface area contributed by atoms with Crippen LogP contribution in [0.1, 0.15) is 19.4 Å². The van der Waals surface area contributed by atoms with Crippen LogP contribution in [-0.4, -0.2) is 10.9 Å². The molecule has 0 fully saturated rings. The van der Waals surface area contributed by atoms with Crippen LogP contribution >= 0.6 is 23.2 Å². The van der Waals surface area contributed by atoms with E-state index < -0.39 is 10.2 Å². The topological polar surface area (TPSA) is 9.23 Å². The Morgan fingerprint density at radius 2 is 1.80 bits per heavy atom. The molecule has 0 bridgehead atoms. The van der Waals surface area contributed by atoms with Crippen molar-refractivity contribution >= 4 is 23.2 Å². The molecule has 0 N–H and O–H groups in total. The summed E-state index contributed by atoms with van der Waals surface area (Å²) >= 11 is 11.6. The van der Waals surface area contributed by atoms with Crippen LogP contribution in [0.2, 0.25) is 0 Å². The van der Waals surface area contributed by atoms with Crippen LogP contribution in [-0.2, 0) is 10.6 Å². The third kappa shape index (κ3) is 2.63. The van der Waals surface area contributed by atoms with Crippen LogP contribution < -0.4 is 0 Å². The van der Waals surface area contributed by atoms with Crippen LogP contribution in [0.4, 0.5) is 4.39 Å². The fourth-order valence-electron chi connectivity index (χ4n) is 1.31. The molecular weight excluding hydrogens is 238 g/mol. The van der Waals surface area contributed by atoms with Gasteiger partial charge in [0.25, 0.3) is 5.85 Å². The van der Waals surface area contributed by atoms with E-state index in [1.807, 2.05) is 0 Å². The second-order valence-corrected chi connectivity index (χ2v) is 4.99. The van der Waals surface area contributed by atoms with Crippen LogP contribution in [0.15, 0.2) is 30.3 Å². The lowest BCUT2D eigenvalue weighted by molar-refractivity contribution is -0.157. The highest BCUT2D eigenvalue weighted by atomic mass is 35.5. The average Bonchev–Trinajstić information content (AvgIpc) is 2.18. The Kier molecular flexibility index (Phi) is 3.99. The molecule has 0 aliphatic rings. The van der Waals surface area contributed by atoms with Crippen molar-refractivity contribution in [1.29, 1.82) is 0 Å². The quantitative estimate of drug-likeness (QED) is 0.734. The number of alkyl halides is 3. The molecule has 15 heavy (non-hydrogen) atoms. The van der Waals surface area contributed by atoms with Gasteiger partial charge in [-0.15, -0.1) is 0 Å². The van der Waals surface area contributed by atoms with Crippen molar-refractivity contribution < 1.29 is 9.13 Å². The Hall–Kier alpha value is -0.310. The maximum absolute atomic E-state index is 14.5. The molecule has 84 valence electrons. The minimum atomic E-state index is -2.19. The summed E-state index contributed by atoms with van der Waals surface area (Å²) in [5.74, 6) is -2.19. The SMILES string of the molecule is CCOC(F)(c1ccccc1)C(C)(Cl)Cl. The second-order valence-electron chi connectivity index (χ2n) is 3.28. The Morgan fingerprint density at radius 1 is 1.27 bits per heavy atom. The highest BCUT2D eigenvalue weighted by Gasteiger charge is 2.49. The van der Waals surface area contributed by atoms with Crippen LogP contribution in [0, 0.1) is 0 Å². The molecular formula is C11H13Cl2FO. The standard InChI is InChI=1S/C11H13Cl2FO/c1-3-15-11(14,10(2,12)13)9-7-5-4-6-8-9/h4-8H,3H2,1-2H3. The number of hydrogen-bond donors (Lipinski definition) is 0. The molecule has 0 heterocycles. The van der Waals surface area contributed by atoms with Gasteiger partial charge in [-0.3, -0.25) is 0 Å². The van der Waals surface area contributed by atoms with E-state index >= 15 is 0 Å². The van der Waals surface area contributed by atoms with E-state index in [2.05, 4.69) is 0 Å². The van der Waals surface area contributed by atoms with Crippen molar-refractivity contribution in [2.24, 2.45) is 0 Å². The summed E-state index contributed by atoms with van der Waals surface area (Å²) in [5, 5.41) is 0. The maximum atomic E-state index is 14.5. The van der Waals surface area contributed by atoms with Gasteiger partial charge in [0.05, 0.1) is 0 Å². The Morgan fingerprint density at radius 3 is 2.20 bits per heavy atom. The summed E-state index contributed by atoms with van der Waals surface area (Å²) in [7, 11) is 0. The van der Waals surface area contributed by atoms with Gasteiger partial charge in [-0.1, -0.05) is 53.5 Å². The zero-order valence-electron chi connectivity index (χ0n) is 8.64. The Balaban J connectivity index is 3.13. The molecule has 1 aromatic carbocycles. The molecule has 4 heteroatoms. The van der Waals surface area contributed by atoms with E-state index in [0.717, 1.165) is 0 Å². The van der Waals surface area contributed by atoms with Gasteiger partial charge in [0.1, 0.15) is 0 Å². The van der Waals surface area contributed by atoms with E-state index in [9.17, 15) is 4.39 Å². The predicted molar refractivity (Wildman–Crippen MR) is 61.0 cm³/mol. The average molecular weight is 251 g/mol. The molecule has 1 nitrogen and oxygen atoms in total. The van der Waals surface area contributed by atoms with E-state index in [0.29, 0.717) is 5.56 Å². The Labute approximate surface area is 99.1 Å². The number of benzene rings is 1. The van der Waals surface area contributed by atoms with Crippen LogP contribution in [0.3, 0.4) is 0 Å². The number of rotatable bonds is 4. The molecule has 0 aliphatic carbocycles. The van der Waals surface area contributed by atoms with Gasteiger partial charge in [0, 0.05) is 12.2 Å². The number of hydrogen-bond acceptors (Lipinski definition) is 1. The minimum Gasteiger partial charge on any atom is -0.340 e. The highest BCUT2D eigenvalue weighted by Crippen LogP contribution is 2.45. The minimum absolute atomic E-state index is 0.195. The summed E-state index contributed by atoms with van der Waals surface area (Å²) in [6, 6.07) is 8.40. The molecule has 1 atom stereocenters. The summed E-state index contributed by atoms with van der Waals surface area (Å²) in [6.45, 7) is 3.26. The molecule has 0 spiro atoms. The summed E-state index contributed by atoms with van der Waals surface area (Å²) < 4.78 is 18.0. The number of ether oxygens (including phenoxy) is 1. The first kappa shape index (κ1) is 12.8. The molecule has 0 radical (unpaired) electrons. The van der Waals surface area contributed by atoms with E-state index in [1.54, 1.807) is 37.3 Å². The largest absolute Gasteiger partial charge is 0.340 e. The normalized spacial score (nSPS) is 16.1.